The van der Waals surface area contributed by atoms with Gasteiger partial charge in [-0.2, -0.15) is 5.26 Å². The summed E-state index contributed by atoms with van der Waals surface area (Å²) in [7, 11) is 0. The number of anilines is 1. The molecule has 0 unspecified atom stereocenters. The zero-order chi connectivity index (χ0) is 13.8. The fraction of sp³-hybridized carbons (Fsp3) is 0.214. The Labute approximate surface area is 116 Å². The van der Waals surface area contributed by atoms with Gasteiger partial charge in [0.05, 0.1) is 17.4 Å². The van der Waals surface area contributed by atoms with Crippen LogP contribution < -0.4 is 5.32 Å². The van der Waals surface area contributed by atoms with E-state index in [1.807, 2.05) is 22.9 Å². The van der Waals surface area contributed by atoms with E-state index >= 15 is 0 Å². The van der Waals surface area contributed by atoms with Gasteiger partial charge in [-0.15, -0.1) is 0 Å². The lowest BCUT2D eigenvalue weighted by Gasteiger charge is -2.03. The molecular formula is C14H14N6. The molecule has 0 radical (unpaired) electrons. The molecule has 0 saturated heterocycles. The van der Waals surface area contributed by atoms with Gasteiger partial charge in [0.2, 0.25) is 5.95 Å². The monoisotopic (exact) mass is 266 g/mol. The molecule has 0 atom stereocenters. The molecule has 20 heavy (non-hydrogen) atoms. The van der Waals surface area contributed by atoms with Crippen LogP contribution in [0.5, 0.6) is 0 Å². The lowest BCUT2D eigenvalue weighted by molar-refractivity contribution is 0.659. The Bertz CT molecular complexity index is 735. The summed E-state index contributed by atoms with van der Waals surface area (Å²) in [6.07, 6.45) is 6.50. The van der Waals surface area contributed by atoms with E-state index < -0.39 is 0 Å². The summed E-state index contributed by atoms with van der Waals surface area (Å²) in [6, 6.07) is 7.68. The predicted molar refractivity (Wildman–Crippen MR) is 76.1 cm³/mol. The Hall–Kier alpha value is -2.81. The first-order valence-electron chi connectivity index (χ1n) is 6.45. The highest BCUT2D eigenvalue weighted by Gasteiger charge is 2.06. The van der Waals surface area contributed by atoms with Gasteiger partial charge in [-0.25, -0.2) is 9.97 Å². The number of imidazole rings is 2. The maximum atomic E-state index is 9.03. The molecule has 6 nitrogen and oxygen atoms in total. The first-order valence-corrected chi connectivity index (χ1v) is 6.45. The number of aromatic nitrogens is 4. The SMILES string of the molecule is N#Cc1cccc2[nH]c(NCCCn3ccnc3)nc12. The number of aryl methyl sites for hydroxylation is 1. The van der Waals surface area contributed by atoms with Crippen LogP contribution in [0.3, 0.4) is 0 Å². The molecule has 0 aliphatic heterocycles. The number of hydrogen-bond acceptors (Lipinski definition) is 4. The Morgan fingerprint density at radius 2 is 2.35 bits per heavy atom. The molecule has 100 valence electrons. The number of nitrogens with zero attached hydrogens (tertiary/aromatic N) is 4. The fourth-order valence-electron chi connectivity index (χ4n) is 2.09. The van der Waals surface area contributed by atoms with Crippen molar-refractivity contribution in [2.24, 2.45) is 0 Å². The van der Waals surface area contributed by atoms with Gasteiger partial charge in [0.15, 0.2) is 0 Å². The van der Waals surface area contributed by atoms with Gasteiger partial charge in [0.25, 0.3) is 0 Å². The van der Waals surface area contributed by atoms with Crippen LogP contribution in [0, 0.1) is 11.3 Å². The first kappa shape index (κ1) is 12.2. The lowest BCUT2D eigenvalue weighted by atomic mass is 10.2. The molecule has 0 saturated carbocycles. The Morgan fingerprint density at radius 1 is 1.40 bits per heavy atom. The number of H-pyrrole nitrogens is 1. The number of nitrogens with one attached hydrogen (secondary N) is 2. The summed E-state index contributed by atoms with van der Waals surface area (Å²) in [5, 5.41) is 12.3. The third-order valence-corrected chi connectivity index (χ3v) is 3.08. The van der Waals surface area contributed by atoms with Gasteiger partial charge < -0.3 is 14.9 Å². The number of nitriles is 1. The van der Waals surface area contributed by atoms with Crippen molar-refractivity contribution in [3.05, 3.63) is 42.5 Å². The highest BCUT2D eigenvalue weighted by molar-refractivity contribution is 5.83. The molecule has 1 aromatic carbocycles. The average Bonchev–Trinajstić information content (AvgIpc) is 3.11. The van der Waals surface area contributed by atoms with Crippen molar-refractivity contribution in [1.82, 2.24) is 19.5 Å². The standard InChI is InChI=1S/C14H14N6/c15-9-11-3-1-4-12-13(11)19-14(18-12)17-5-2-7-20-8-6-16-10-20/h1,3-4,6,8,10H,2,5,7H2,(H2,17,18,19). The van der Waals surface area contributed by atoms with E-state index in [-0.39, 0.29) is 0 Å². The summed E-state index contributed by atoms with van der Waals surface area (Å²) in [6.45, 7) is 1.72. The van der Waals surface area contributed by atoms with E-state index in [0.29, 0.717) is 17.0 Å². The number of aromatic amines is 1. The Balaban J connectivity index is 1.62. The average molecular weight is 266 g/mol. The molecule has 0 aliphatic carbocycles. The summed E-state index contributed by atoms with van der Waals surface area (Å²) in [4.78, 5) is 11.6. The first-order chi connectivity index (χ1) is 9.86. The van der Waals surface area contributed by atoms with Crippen LogP contribution in [0.1, 0.15) is 12.0 Å². The Morgan fingerprint density at radius 3 is 3.15 bits per heavy atom. The molecule has 2 N–H and O–H groups in total. The molecule has 0 fully saturated rings. The van der Waals surface area contributed by atoms with E-state index in [1.54, 1.807) is 18.6 Å². The van der Waals surface area contributed by atoms with Crippen LogP contribution in [-0.4, -0.2) is 26.1 Å². The van der Waals surface area contributed by atoms with E-state index in [1.165, 1.54) is 0 Å². The van der Waals surface area contributed by atoms with Crippen molar-refractivity contribution in [2.75, 3.05) is 11.9 Å². The van der Waals surface area contributed by atoms with Crippen molar-refractivity contribution < 1.29 is 0 Å². The van der Waals surface area contributed by atoms with Crippen molar-refractivity contribution in [2.45, 2.75) is 13.0 Å². The third kappa shape index (κ3) is 2.47. The van der Waals surface area contributed by atoms with Crippen LogP contribution in [0.25, 0.3) is 11.0 Å². The molecule has 0 spiro atoms. The predicted octanol–water partition coefficient (Wildman–Crippen LogP) is 2.13. The van der Waals surface area contributed by atoms with Gasteiger partial charge in [-0.1, -0.05) is 6.07 Å². The minimum Gasteiger partial charge on any atom is -0.356 e. The quantitative estimate of drug-likeness (QED) is 0.693. The van der Waals surface area contributed by atoms with E-state index in [0.717, 1.165) is 25.0 Å². The second-order valence-corrected chi connectivity index (χ2v) is 4.48. The van der Waals surface area contributed by atoms with Crippen molar-refractivity contribution in [3.8, 4) is 6.07 Å². The lowest BCUT2D eigenvalue weighted by Crippen LogP contribution is -2.06. The largest absolute Gasteiger partial charge is 0.356 e. The van der Waals surface area contributed by atoms with Crippen LogP contribution >= 0.6 is 0 Å². The van der Waals surface area contributed by atoms with Gasteiger partial charge in [0, 0.05) is 25.5 Å². The maximum Gasteiger partial charge on any atom is 0.201 e. The summed E-state index contributed by atoms with van der Waals surface area (Å²) >= 11 is 0. The van der Waals surface area contributed by atoms with E-state index in [4.69, 9.17) is 5.26 Å². The van der Waals surface area contributed by atoms with E-state index in [9.17, 15) is 0 Å². The van der Waals surface area contributed by atoms with Gasteiger partial charge in [0.1, 0.15) is 11.6 Å². The molecule has 6 heteroatoms. The van der Waals surface area contributed by atoms with Crippen molar-refractivity contribution >= 4 is 17.0 Å². The highest BCUT2D eigenvalue weighted by Crippen LogP contribution is 2.17. The second-order valence-electron chi connectivity index (χ2n) is 4.48. The molecule has 3 aromatic rings. The second kappa shape index (κ2) is 5.45. The molecule has 3 rings (SSSR count). The number of benzene rings is 1. The van der Waals surface area contributed by atoms with Gasteiger partial charge in [-0.05, 0) is 18.6 Å². The molecule has 2 aromatic heterocycles. The molecule has 0 bridgehead atoms. The van der Waals surface area contributed by atoms with Crippen LogP contribution in [0.2, 0.25) is 0 Å². The minimum atomic E-state index is 0.588. The maximum absolute atomic E-state index is 9.03. The Kier molecular flexibility index (Phi) is 3.33. The van der Waals surface area contributed by atoms with Crippen molar-refractivity contribution in [1.29, 1.82) is 5.26 Å². The molecule has 0 amide bonds. The minimum absolute atomic E-state index is 0.588. The van der Waals surface area contributed by atoms with Crippen LogP contribution in [0.15, 0.2) is 36.9 Å². The topological polar surface area (TPSA) is 82.3 Å². The van der Waals surface area contributed by atoms with Crippen molar-refractivity contribution in [3.63, 3.8) is 0 Å². The number of para-hydroxylation sites is 1. The zero-order valence-corrected chi connectivity index (χ0v) is 10.9. The summed E-state index contributed by atoms with van der Waals surface area (Å²) in [5.74, 6) is 0.702. The zero-order valence-electron chi connectivity index (χ0n) is 10.9. The molecular weight excluding hydrogens is 252 g/mol. The third-order valence-electron chi connectivity index (χ3n) is 3.08. The van der Waals surface area contributed by atoms with Gasteiger partial charge in [-0.3, -0.25) is 0 Å². The number of hydrogen-bond donors (Lipinski definition) is 2. The smallest absolute Gasteiger partial charge is 0.201 e. The summed E-state index contributed by atoms with van der Waals surface area (Å²) < 4.78 is 2.04. The molecule has 0 aliphatic rings. The fourth-order valence-corrected chi connectivity index (χ4v) is 2.09. The van der Waals surface area contributed by atoms with E-state index in [2.05, 4.69) is 26.3 Å². The summed E-state index contributed by atoms with van der Waals surface area (Å²) in [5.41, 5.74) is 2.18. The normalized spacial score (nSPS) is 10.6. The molecule has 2 heterocycles. The number of rotatable bonds is 5. The van der Waals surface area contributed by atoms with Gasteiger partial charge >= 0.3 is 0 Å². The van der Waals surface area contributed by atoms with Crippen LogP contribution in [-0.2, 0) is 6.54 Å². The van der Waals surface area contributed by atoms with Crippen LogP contribution in [0.4, 0.5) is 5.95 Å². The highest BCUT2D eigenvalue weighted by atomic mass is 15.1. The number of fused-ring (bicyclic) bond motifs is 1.